The van der Waals surface area contributed by atoms with E-state index in [4.69, 9.17) is 0 Å². The minimum atomic E-state index is 0.00315. The molecule has 0 saturated carbocycles. The molecular formula is C13H14N2OS. The molecule has 0 aliphatic rings. The molecule has 3 nitrogen and oxygen atoms in total. The second kappa shape index (κ2) is 4.67. The third-order valence-corrected chi connectivity index (χ3v) is 3.77. The lowest BCUT2D eigenvalue weighted by atomic mass is 10.1. The van der Waals surface area contributed by atoms with Gasteiger partial charge in [-0.25, -0.2) is 0 Å². The van der Waals surface area contributed by atoms with E-state index in [1.165, 1.54) is 5.56 Å². The summed E-state index contributed by atoms with van der Waals surface area (Å²) in [5, 5.41) is 6.09. The average Bonchev–Trinajstić information content (AvgIpc) is 2.84. The normalized spacial score (nSPS) is 11.2. The van der Waals surface area contributed by atoms with Crippen LogP contribution < -0.4 is 0 Å². The minimum Gasteiger partial charge on any atom is -0.289 e. The van der Waals surface area contributed by atoms with E-state index < -0.39 is 0 Å². The van der Waals surface area contributed by atoms with Crippen LogP contribution in [0, 0.1) is 13.8 Å². The summed E-state index contributed by atoms with van der Waals surface area (Å²) in [7, 11) is 1.83. The molecule has 0 bridgehead atoms. The lowest BCUT2D eigenvalue weighted by molar-refractivity contribution is 0.104. The van der Waals surface area contributed by atoms with Crippen LogP contribution in [-0.2, 0) is 7.05 Å². The Morgan fingerprint density at radius 3 is 2.76 bits per heavy atom. The first kappa shape index (κ1) is 11.8. The van der Waals surface area contributed by atoms with Gasteiger partial charge >= 0.3 is 0 Å². The molecule has 0 radical (unpaired) electrons. The molecule has 2 aromatic rings. The summed E-state index contributed by atoms with van der Waals surface area (Å²) in [5.74, 6) is 0.00315. The number of carbonyl (C=O) groups is 1. The van der Waals surface area contributed by atoms with Gasteiger partial charge in [-0.1, -0.05) is 0 Å². The highest BCUT2D eigenvalue weighted by atomic mass is 32.1. The van der Waals surface area contributed by atoms with E-state index in [1.54, 1.807) is 28.3 Å². The molecule has 2 aromatic heterocycles. The third-order valence-electron chi connectivity index (χ3n) is 2.79. The van der Waals surface area contributed by atoms with Crippen molar-refractivity contribution in [1.82, 2.24) is 9.78 Å². The molecule has 0 amide bonds. The topological polar surface area (TPSA) is 34.9 Å². The van der Waals surface area contributed by atoms with Crippen molar-refractivity contribution in [2.75, 3.05) is 0 Å². The highest BCUT2D eigenvalue weighted by Crippen LogP contribution is 2.17. The fourth-order valence-electron chi connectivity index (χ4n) is 1.54. The van der Waals surface area contributed by atoms with Gasteiger partial charge in [-0.3, -0.25) is 9.48 Å². The van der Waals surface area contributed by atoms with E-state index in [0.29, 0.717) is 5.56 Å². The fraction of sp³-hybridized carbons (Fsp3) is 0.231. The highest BCUT2D eigenvalue weighted by molar-refractivity contribution is 7.11. The van der Waals surface area contributed by atoms with Gasteiger partial charge in [-0.2, -0.15) is 5.10 Å². The molecule has 17 heavy (non-hydrogen) atoms. The number of rotatable bonds is 3. The molecule has 0 saturated heterocycles. The van der Waals surface area contributed by atoms with Crippen LogP contribution in [0.25, 0.3) is 6.08 Å². The van der Waals surface area contributed by atoms with Crippen LogP contribution in [0.1, 0.15) is 26.5 Å². The Kier molecular flexibility index (Phi) is 3.24. The molecule has 88 valence electrons. The fourth-order valence-corrected chi connectivity index (χ4v) is 2.36. The van der Waals surface area contributed by atoms with Crippen molar-refractivity contribution in [3.05, 3.63) is 45.4 Å². The zero-order valence-corrected chi connectivity index (χ0v) is 10.9. The van der Waals surface area contributed by atoms with Gasteiger partial charge in [0.1, 0.15) is 0 Å². The SMILES string of the molecule is Cc1ccsc1/C=C/C(=O)c1cnn(C)c1C. The minimum absolute atomic E-state index is 0.00315. The molecule has 0 fully saturated rings. The standard InChI is InChI=1S/C13H14N2OS/c1-9-6-7-17-13(9)5-4-12(16)11-8-14-15(3)10(11)2/h4-8H,1-3H3/b5-4+. The van der Waals surface area contributed by atoms with Crippen molar-refractivity contribution >= 4 is 23.2 Å². The number of carbonyl (C=O) groups excluding carboxylic acids is 1. The third kappa shape index (κ3) is 2.36. The van der Waals surface area contributed by atoms with E-state index in [2.05, 4.69) is 5.10 Å². The number of aromatic nitrogens is 2. The summed E-state index contributed by atoms with van der Waals surface area (Å²) < 4.78 is 1.71. The maximum atomic E-state index is 11.9. The van der Waals surface area contributed by atoms with Crippen LogP contribution in [0.5, 0.6) is 0 Å². The Morgan fingerprint density at radius 2 is 2.24 bits per heavy atom. The molecule has 0 atom stereocenters. The second-order valence-corrected chi connectivity index (χ2v) is 4.88. The second-order valence-electron chi connectivity index (χ2n) is 3.93. The van der Waals surface area contributed by atoms with Crippen molar-refractivity contribution in [2.45, 2.75) is 13.8 Å². The molecule has 0 aliphatic carbocycles. The van der Waals surface area contributed by atoms with Gasteiger partial charge in [-0.15, -0.1) is 11.3 Å². The molecule has 0 aliphatic heterocycles. The molecule has 4 heteroatoms. The zero-order chi connectivity index (χ0) is 12.4. The van der Waals surface area contributed by atoms with Crippen molar-refractivity contribution < 1.29 is 4.79 Å². The number of nitrogens with zero attached hydrogens (tertiary/aromatic N) is 2. The van der Waals surface area contributed by atoms with E-state index >= 15 is 0 Å². The largest absolute Gasteiger partial charge is 0.289 e. The number of hydrogen-bond acceptors (Lipinski definition) is 3. The molecule has 0 unspecified atom stereocenters. The van der Waals surface area contributed by atoms with E-state index in [1.807, 2.05) is 38.4 Å². The van der Waals surface area contributed by atoms with Crippen molar-refractivity contribution in [3.8, 4) is 0 Å². The summed E-state index contributed by atoms with van der Waals surface area (Å²) in [5.41, 5.74) is 2.75. The van der Waals surface area contributed by atoms with Gasteiger partial charge in [0, 0.05) is 17.6 Å². The molecule has 0 spiro atoms. The summed E-state index contributed by atoms with van der Waals surface area (Å²) >= 11 is 1.64. The first-order valence-corrected chi connectivity index (χ1v) is 6.22. The Labute approximate surface area is 104 Å². The van der Waals surface area contributed by atoms with Crippen LogP contribution in [0.15, 0.2) is 23.7 Å². The van der Waals surface area contributed by atoms with Gasteiger partial charge < -0.3 is 0 Å². The average molecular weight is 246 g/mol. The van der Waals surface area contributed by atoms with Crippen molar-refractivity contribution in [2.24, 2.45) is 7.05 Å². The lowest BCUT2D eigenvalue weighted by Crippen LogP contribution is -1.98. The number of hydrogen-bond donors (Lipinski definition) is 0. The summed E-state index contributed by atoms with van der Waals surface area (Å²) in [6.45, 7) is 3.93. The van der Waals surface area contributed by atoms with Gasteiger partial charge in [0.2, 0.25) is 0 Å². The van der Waals surface area contributed by atoms with E-state index in [0.717, 1.165) is 10.6 Å². The molecule has 2 rings (SSSR count). The van der Waals surface area contributed by atoms with Gasteiger partial charge in [-0.05, 0) is 43.0 Å². The zero-order valence-electron chi connectivity index (χ0n) is 10.1. The van der Waals surface area contributed by atoms with Gasteiger partial charge in [0.05, 0.1) is 11.8 Å². The molecular weight excluding hydrogens is 232 g/mol. The number of aryl methyl sites for hydroxylation is 2. The lowest BCUT2D eigenvalue weighted by Gasteiger charge is -1.95. The summed E-state index contributed by atoms with van der Waals surface area (Å²) in [6, 6.07) is 2.05. The van der Waals surface area contributed by atoms with Crippen LogP contribution in [0.4, 0.5) is 0 Å². The summed E-state index contributed by atoms with van der Waals surface area (Å²) in [6.07, 6.45) is 5.10. The first-order valence-electron chi connectivity index (χ1n) is 5.34. The molecule has 2 heterocycles. The van der Waals surface area contributed by atoms with Crippen LogP contribution in [0.3, 0.4) is 0 Å². The maximum Gasteiger partial charge on any atom is 0.189 e. The molecule has 0 aromatic carbocycles. The van der Waals surface area contributed by atoms with Crippen LogP contribution >= 0.6 is 11.3 Å². The van der Waals surface area contributed by atoms with Crippen molar-refractivity contribution in [1.29, 1.82) is 0 Å². The number of ketones is 1. The Bertz CT molecular complexity index is 578. The predicted octanol–water partition coefficient (Wildman–Crippen LogP) is 2.99. The van der Waals surface area contributed by atoms with E-state index in [9.17, 15) is 4.79 Å². The first-order chi connectivity index (χ1) is 8.09. The smallest absolute Gasteiger partial charge is 0.189 e. The van der Waals surface area contributed by atoms with Crippen LogP contribution in [-0.4, -0.2) is 15.6 Å². The number of thiophene rings is 1. The summed E-state index contributed by atoms with van der Waals surface area (Å²) in [4.78, 5) is 13.1. The Balaban J connectivity index is 2.20. The quantitative estimate of drug-likeness (QED) is 0.616. The maximum absolute atomic E-state index is 11.9. The highest BCUT2D eigenvalue weighted by Gasteiger charge is 2.09. The van der Waals surface area contributed by atoms with E-state index in [-0.39, 0.29) is 5.78 Å². The predicted molar refractivity (Wildman–Crippen MR) is 70.4 cm³/mol. The molecule has 0 N–H and O–H groups in total. The van der Waals surface area contributed by atoms with Gasteiger partial charge in [0.15, 0.2) is 5.78 Å². The monoisotopic (exact) mass is 246 g/mol. The van der Waals surface area contributed by atoms with Crippen molar-refractivity contribution in [3.63, 3.8) is 0 Å². The number of allylic oxidation sites excluding steroid dienone is 1. The van der Waals surface area contributed by atoms with Gasteiger partial charge in [0.25, 0.3) is 0 Å². The van der Waals surface area contributed by atoms with Crippen LogP contribution in [0.2, 0.25) is 0 Å². The Morgan fingerprint density at radius 1 is 1.47 bits per heavy atom. The Hall–Kier alpha value is -1.68.